The summed E-state index contributed by atoms with van der Waals surface area (Å²) in [5.41, 5.74) is -0.0518. The fourth-order valence-corrected chi connectivity index (χ4v) is 1.52. The van der Waals surface area contributed by atoms with Crippen molar-refractivity contribution in [2.24, 2.45) is 0 Å². The molecule has 0 saturated carbocycles. The maximum Gasteiger partial charge on any atom is 0.358 e. The standard InChI is InChI=1S/C11H16N6O2/c1-8(2)17-5-3-10(14-17)12-4-6-16-7-9(11(18)19)13-15-16/h3,5,7-8H,4,6H2,1-2H3,(H,12,14)(H,18,19). The number of aromatic carboxylic acids is 1. The first-order valence-electron chi connectivity index (χ1n) is 5.98. The lowest BCUT2D eigenvalue weighted by Crippen LogP contribution is -2.12. The van der Waals surface area contributed by atoms with E-state index in [0.29, 0.717) is 19.1 Å². The highest BCUT2D eigenvalue weighted by molar-refractivity contribution is 5.84. The third kappa shape index (κ3) is 3.30. The normalized spacial score (nSPS) is 10.9. The van der Waals surface area contributed by atoms with Gasteiger partial charge in [-0.3, -0.25) is 4.68 Å². The summed E-state index contributed by atoms with van der Waals surface area (Å²) in [5, 5.41) is 23.4. The van der Waals surface area contributed by atoms with Gasteiger partial charge >= 0.3 is 5.97 Å². The number of aromatic nitrogens is 5. The van der Waals surface area contributed by atoms with Crippen molar-refractivity contribution < 1.29 is 9.90 Å². The minimum absolute atomic E-state index is 0.0518. The van der Waals surface area contributed by atoms with Gasteiger partial charge in [0.25, 0.3) is 0 Å². The van der Waals surface area contributed by atoms with Gasteiger partial charge in [0.1, 0.15) is 5.82 Å². The zero-order chi connectivity index (χ0) is 13.8. The number of nitrogens with one attached hydrogen (secondary N) is 1. The second-order valence-corrected chi connectivity index (χ2v) is 4.37. The van der Waals surface area contributed by atoms with Gasteiger partial charge in [-0.25, -0.2) is 9.48 Å². The van der Waals surface area contributed by atoms with E-state index in [9.17, 15) is 4.79 Å². The van der Waals surface area contributed by atoms with Crippen LogP contribution in [-0.4, -0.2) is 42.4 Å². The van der Waals surface area contributed by atoms with Crippen LogP contribution in [-0.2, 0) is 6.54 Å². The zero-order valence-electron chi connectivity index (χ0n) is 10.8. The summed E-state index contributed by atoms with van der Waals surface area (Å²) >= 11 is 0. The van der Waals surface area contributed by atoms with Gasteiger partial charge in [0.15, 0.2) is 5.69 Å². The number of carbonyl (C=O) groups is 1. The average molecular weight is 264 g/mol. The molecule has 0 radical (unpaired) electrons. The minimum atomic E-state index is -1.07. The number of hydrogen-bond acceptors (Lipinski definition) is 5. The smallest absolute Gasteiger partial charge is 0.358 e. The van der Waals surface area contributed by atoms with Crippen molar-refractivity contribution in [3.8, 4) is 0 Å². The average Bonchev–Trinajstić information content (AvgIpc) is 2.97. The Bertz CT molecular complexity index is 559. The summed E-state index contributed by atoms with van der Waals surface area (Å²) in [6.07, 6.45) is 3.31. The van der Waals surface area contributed by atoms with Crippen LogP contribution in [0.15, 0.2) is 18.5 Å². The summed E-state index contributed by atoms with van der Waals surface area (Å²) in [6, 6.07) is 2.22. The molecule has 0 aromatic carbocycles. The van der Waals surface area contributed by atoms with Crippen LogP contribution in [0.5, 0.6) is 0 Å². The number of carboxylic acid groups (broad SMARTS) is 1. The summed E-state index contributed by atoms with van der Waals surface area (Å²) in [6.45, 7) is 5.23. The SMILES string of the molecule is CC(C)n1ccc(NCCn2cc(C(=O)O)nn2)n1. The molecule has 0 bridgehead atoms. The first-order chi connectivity index (χ1) is 9.06. The Balaban J connectivity index is 1.83. The first kappa shape index (κ1) is 13.1. The predicted octanol–water partition coefficient (Wildman–Crippen LogP) is 0.866. The molecule has 2 rings (SSSR count). The molecular formula is C11H16N6O2. The Hall–Kier alpha value is -2.38. The molecule has 0 aliphatic carbocycles. The van der Waals surface area contributed by atoms with E-state index >= 15 is 0 Å². The molecule has 0 amide bonds. The second-order valence-electron chi connectivity index (χ2n) is 4.37. The van der Waals surface area contributed by atoms with Crippen LogP contribution < -0.4 is 5.32 Å². The first-order valence-corrected chi connectivity index (χ1v) is 5.98. The van der Waals surface area contributed by atoms with Crippen LogP contribution in [0.25, 0.3) is 0 Å². The highest BCUT2D eigenvalue weighted by Crippen LogP contribution is 2.07. The second kappa shape index (κ2) is 5.51. The summed E-state index contributed by atoms with van der Waals surface area (Å²) in [4.78, 5) is 10.6. The van der Waals surface area contributed by atoms with Gasteiger partial charge in [-0.05, 0) is 13.8 Å². The van der Waals surface area contributed by atoms with Gasteiger partial charge in [0.05, 0.1) is 12.7 Å². The van der Waals surface area contributed by atoms with Crippen molar-refractivity contribution >= 4 is 11.8 Å². The largest absolute Gasteiger partial charge is 0.476 e. The molecule has 2 N–H and O–H groups in total. The lowest BCUT2D eigenvalue weighted by Gasteiger charge is -2.05. The molecule has 0 aliphatic rings. The molecule has 19 heavy (non-hydrogen) atoms. The van der Waals surface area contributed by atoms with E-state index in [4.69, 9.17) is 5.11 Å². The van der Waals surface area contributed by atoms with E-state index < -0.39 is 5.97 Å². The van der Waals surface area contributed by atoms with Crippen LogP contribution >= 0.6 is 0 Å². The molecule has 2 heterocycles. The Morgan fingerprint density at radius 1 is 1.53 bits per heavy atom. The molecule has 2 aromatic heterocycles. The quantitative estimate of drug-likeness (QED) is 0.803. The topological polar surface area (TPSA) is 97.9 Å². The van der Waals surface area contributed by atoms with Gasteiger partial charge in [0, 0.05) is 24.8 Å². The number of nitrogens with zero attached hydrogens (tertiary/aromatic N) is 5. The van der Waals surface area contributed by atoms with Crippen molar-refractivity contribution in [1.82, 2.24) is 24.8 Å². The monoisotopic (exact) mass is 264 g/mol. The zero-order valence-corrected chi connectivity index (χ0v) is 10.8. The molecule has 0 saturated heterocycles. The van der Waals surface area contributed by atoms with Crippen molar-refractivity contribution in [3.05, 3.63) is 24.2 Å². The third-order valence-corrected chi connectivity index (χ3v) is 2.54. The van der Waals surface area contributed by atoms with Crippen LogP contribution in [0.3, 0.4) is 0 Å². The van der Waals surface area contributed by atoms with E-state index in [1.165, 1.54) is 10.9 Å². The van der Waals surface area contributed by atoms with Gasteiger partial charge in [0.2, 0.25) is 0 Å². The lowest BCUT2D eigenvalue weighted by atomic mass is 10.4. The molecule has 0 unspecified atom stereocenters. The van der Waals surface area contributed by atoms with E-state index in [1.54, 1.807) is 0 Å². The van der Waals surface area contributed by atoms with Crippen LogP contribution in [0.2, 0.25) is 0 Å². The van der Waals surface area contributed by atoms with Gasteiger partial charge in [-0.1, -0.05) is 5.21 Å². The van der Waals surface area contributed by atoms with E-state index in [0.717, 1.165) is 5.82 Å². The Morgan fingerprint density at radius 2 is 2.32 bits per heavy atom. The Kier molecular flexibility index (Phi) is 3.79. The Morgan fingerprint density at radius 3 is 2.89 bits per heavy atom. The molecule has 2 aromatic rings. The molecule has 0 spiro atoms. The van der Waals surface area contributed by atoms with Crippen molar-refractivity contribution in [1.29, 1.82) is 0 Å². The highest BCUT2D eigenvalue weighted by Gasteiger charge is 2.07. The highest BCUT2D eigenvalue weighted by atomic mass is 16.4. The van der Waals surface area contributed by atoms with Crippen LogP contribution in [0.1, 0.15) is 30.4 Å². The number of hydrogen-bond donors (Lipinski definition) is 2. The van der Waals surface area contributed by atoms with Crippen LogP contribution in [0, 0.1) is 0 Å². The maximum absolute atomic E-state index is 10.6. The minimum Gasteiger partial charge on any atom is -0.476 e. The molecule has 8 heteroatoms. The molecule has 0 aliphatic heterocycles. The van der Waals surface area contributed by atoms with Gasteiger partial charge in [-0.2, -0.15) is 5.10 Å². The fraction of sp³-hybridized carbons (Fsp3) is 0.455. The number of anilines is 1. The summed E-state index contributed by atoms with van der Waals surface area (Å²) in [5.74, 6) is -0.290. The van der Waals surface area contributed by atoms with Gasteiger partial charge < -0.3 is 10.4 Å². The lowest BCUT2D eigenvalue weighted by molar-refractivity contribution is 0.0690. The number of carboxylic acids is 1. The van der Waals surface area contributed by atoms with E-state index in [1.807, 2.05) is 16.9 Å². The van der Waals surface area contributed by atoms with Crippen molar-refractivity contribution in [2.45, 2.75) is 26.4 Å². The molecule has 102 valence electrons. The predicted molar refractivity (Wildman–Crippen MR) is 68.1 cm³/mol. The summed E-state index contributed by atoms with van der Waals surface area (Å²) in [7, 11) is 0. The third-order valence-electron chi connectivity index (χ3n) is 2.54. The molecular weight excluding hydrogens is 248 g/mol. The summed E-state index contributed by atoms with van der Waals surface area (Å²) < 4.78 is 3.34. The van der Waals surface area contributed by atoms with E-state index in [-0.39, 0.29) is 5.69 Å². The Labute approximate surface area is 110 Å². The van der Waals surface area contributed by atoms with Crippen molar-refractivity contribution in [2.75, 3.05) is 11.9 Å². The van der Waals surface area contributed by atoms with Crippen molar-refractivity contribution in [3.63, 3.8) is 0 Å². The van der Waals surface area contributed by atoms with Gasteiger partial charge in [-0.15, -0.1) is 5.10 Å². The van der Waals surface area contributed by atoms with Crippen LogP contribution in [0.4, 0.5) is 5.82 Å². The molecule has 0 atom stereocenters. The fourth-order valence-electron chi connectivity index (χ4n) is 1.52. The maximum atomic E-state index is 10.6. The molecule has 0 fully saturated rings. The number of rotatable bonds is 6. The van der Waals surface area contributed by atoms with E-state index in [2.05, 4.69) is 34.6 Å². The molecule has 8 nitrogen and oxygen atoms in total.